The summed E-state index contributed by atoms with van der Waals surface area (Å²) in [5.41, 5.74) is 5.75. The third kappa shape index (κ3) is 3.82. The molecule has 1 aliphatic heterocycles. The minimum Gasteiger partial charge on any atom is -0.497 e. The van der Waals surface area contributed by atoms with Crippen LogP contribution in [0, 0.1) is 20.8 Å². The molecule has 5 nitrogen and oxygen atoms in total. The monoisotopic (exact) mass is 412 g/mol. The molecule has 31 heavy (non-hydrogen) atoms. The summed E-state index contributed by atoms with van der Waals surface area (Å²) < 4.78 is 5.20. The predicted octanol–water partition coefficient (Wildman–Crippen LogP) is 5.02. The lowest BCUT2D eigenvalue weighted by Gasteiger charge is -2.16. The van der Waals surface area contributed by atoms with Crippen LogP contribution in [-0.4, -0.2) is 18.9 Å². The van der Waals surface area contributed by atoms with E-state index in [1.165, 1.54) is 4.90 Å². The van der Waals surface area contributed by atoms with Crippen molar-refractivity contribution in [1.82, 2.24) is 0 Å². The Morgan fingerprint density at radius 2 is 1.52 bits per heavy atom. The van der Waals surface area contributed by atoms with Crippen molar-refractivity contribution in [3.63, 3.8) is 0 Å². The topological polar surface area (TPSA) is 58.6 Å². The molecule has 0 radical (unpaired) electrons. The number of aryl methyl sites for hydroxylation is 3. The van der Waals surface area contributed by atoms with Crippen LogP contribution in [0.3, 0.4) is 0 Å². The van der Waals surface area contributed by atoms with Crippen LogP contribution in [0.2, 0.25) is 0 Å². The molecule has 1 N–H and O–H groups in total. The maximum atomic E-state index is 13.6. The van der Waals surface area contributed by atoms with Crippen molar-refractivity contribution in [2.75, 3.05) is 17.3 Å². The molecule has 1 heterocycles. The van der Waals surface area contributed by atoms with Crippen LogP contribution >= 0.6 is 0 Å². The average molecular weight is 412 g/mol. The van der Waals surface area contributed by atoms with E-state index in [0.717, 1.165) is 27.9 Å². The van der Waals surface area contributed by atoms with E-state index in [1.54, 1.807) is 31.4 Å². The van der Waals surface area contributed by atoms with Crippen molar-refractivity contribution in [3.8, 4) is 5.75 Å². The van der Waals surface area contributed by atoms with Gasteiger partial charge in [-0.3, -0.25) is 9.59 Å². The molecule has 0 saturated carbocycles. The summed E-state index contributed by atoms with van der Waals surface area (Å²) in [4.78, 5) is 28.2. The molecule has 0 aliphatic carbocycles. The molecule has 0 saturated heterocycles. The molecule has 0 bridgehead atoms. The lowest BCUT2D eigenvalue weighted by atomic mass is 9.97. The first-order valence-electron chi connectivity index (χ1n) is 10.1. The average Bonchev–Trinajstić information content (AvgIpc) is 2.98. The number of imide groups is 1. The molecule has 3 aromatic carbocycles. The van der Waals surface area contributed by atoms with Gasteiger partial charge in [0.2, 0.25) is 0 Å². The lowest BCUT2D eigenvalue weighted by molar-refractivity contribution is -0.120. The molecular formula is C26H24N2O3. The summed E-state index contributed by atoms with van der Waals surface area (Å²) in [5, 5.41) is 3.22. The quantitative estimate of drug-likeness (QED) is 0.598. The minimum absolute atomic E-state index is 0.276. The Bertz CT molecular complexity index is 1210. The standard InChI is InChI=1S/C26H24N2O3/c1-16-6-5-7-19(15-16)27-24-23(22-13-8-17(2)14-18(22)3)25(29)28(26(24)30)20-9-11-21(31-4)12-10-20/h5-15,27H,1-4H3. The van der Waals surface area contributed by atoms with Crippen molar-refractivity contribution in [3.05, 3.63) is 94.7 Å². The number of methoxy groups -OCH3 is 1. The van der Waals surface area contributed by atoms with Crippen molar-refractivity contribution in [2.45, 2.75) is 20.8 Å². The first-order chi connectivity index (χ1) is 14.9. The highest BCUT2D eigenvalue weighted by molar-refractivity contribution is 6.46. The maximum absolute atomic E-state index is 13.6. The molecule has 156 valence electrons. The van der Waals surface area contributed by atoms with Gasteiger partial charge in [0.05, 0.1) is 18.4 Å². The largest absolute Gasteiger partial charge is 0.497 e. The summed E-state index contributed by atoms with van der Waals surface area (Å²) in [5.74, 6) is -0.0764. The van der Waals surface area contributed by atoms with E-state index in [0.29, 0.717) is 17.0 Å². The van der Waals surface area contributed by atoms with Gasteiger partial charge in [-0.05, 0) is 73.9 Å². The van der Waals surface area contributed by atoms with Crippen molar-refractivity contribution in [1.29, 1.82) is 0 Å². The van der Waals surface area contributed by atoms with Crippen LogP contribution < -0.4 is 15.0 Å². The highest BCUT2D eigenvalue weighted by Crippen LogP contribution is 2.35. The van der Waals surface area contributed by atoms with Gasteiger partial charge in [0.1, 0.15) is 11.4 Å². The third-order valence-corrected chi connectivity index (χ3v) is 5.35. The zero-order valence-electron chi connectivity index (χ0n) is 18.0. The fourth-order valence-corrected chi connectivity index (χ4v) is 3.82. The van der Waals surface area contributed by atoms with Crippen molar-refractivity contribution in [2.24, 2.45) is 0 Å². The number of ether oxygens (including phenoxy) is 1. The maximum Gasteiger partial charge on any atom is 0.282 e. The van der Waals surface area contributed by atoms with Gasteiger partial charge in [0, 0.05) is 5.69 Å². The molecule has 0 atom stereocenters. The molecule has 0 fully saturated rings. The molecule has 0 unspecified atom stereocenters. The number of rotatable bonds is 5. The van der Waals surface area contributed by atoms with Gasteiger partial charge in [0.15, 0.2) is 0 Å². The molecule has 1 aliphatic rings. The Hall–Kier alpha value is -3.86. The van der Waals surface area contributed by atoms with Gasteiger partial charge >= 0.3 is 0 Å². The van der Waals surface area contributed by atoms with Gasteiger partial charge in [-0.25, -0.2) is 4.90 Å². The van der Waals surface area contributed by atoms with Gasteiger partial charge in [-0.15, -0.1) is 0 Å². The second kappa shape index (κ2) is 8.11. The number of nitrogens with one attached hydrogen (secondary N) is 1. The first kappa shape index (κ1) is 20.4. The normalized spacial score (nSPS) is 13.7. The van der Waals surface area contributed by atoms with Gasteiger partial charge in [-0.2, -0.15) is 0 Å². The first-order valence-corrected chi connectivity index (χ1v) is 10.1. The number of carbonyl (C=O) groups is 2. The fourth-order valence-electron chi connectivity index (χ4n) is 3.82. The van der Waals surface area contributed by atoms with E-state index in [4.69, 9.17) is 4.74 Å². The summed E-state index contributed by atoms with van der Waals surface area (Å²) in [7, 11) is 1.57. The summed E-state index contributed by atoms with van der Waals surface area (Å²) in [6.45, 7) is 5.94. The highest BCUT2D eigenvalue weighted by Gasteiger charge is 2.40. The zero-order valence-corrected chi connectivity index (χ0v) is 18.0. The summed E-state index contributed by atoms with van der Waals surface area (Å²) >= 11 is 0. The van der Waals surface area contributed by atoms with Crippen LogP contribution in [0.15, 0.2) is 72.4 Å². The molecule has 5 heteroatoms. The SMILES string of the molecule is COc1ccc(N2C(=O)C(Nc3cccc(C)c3)=C(c3ccc(C)cc3C)C2=O)cc1. The second-order valence-electron chi connectivity index (χ2n) is 7.71. The minimum atomic E-state index is -0.383. The van der Waals surface area contributed by atoms with Crippen LogP contribution in [-0.2, 0) is 9.59 Å². The van der Waals surface area contributed by atoms with Crippen molar-refractivity contribution >= 4 is 28.8 Å². The van der Waals surface area contributed by atoms with Crippen LogP contribution in [0.1, 0.15) is 22.3 Å². The molecular weight excluding hydrogens is 388 g/mol. The Labute approximate surface area is 182 Å². The number of amides is 2. The Morgan fingerprint density at radius 1 is 0.806 bits per heavy atom. The number of hydrogen-bond donors (Lipinski definition) is 1. The number of anilines is 2. The number of nitrogens with zero attached hydrogens (tertiary/aromatic N) is 1. The second-order valence-corrected chi connectivity index (χ2v) is 7.71. The van der Waals surface area contributed by atoms with Gasteiger partial charge < -0.3 is 10.1 Å². The van der Waals surface area contributed by atoms with Crippen LogP contribution in [0.25, 0.3) is 5.57 Å². The van der Waals surface area contributed by atoms with E-state index in [1.807, 2.05) is 63.2 Å². The predicted molar refractivity (Wildman–Crippen MR) is 123 cm³/mol. The number of hydrogen-bond acceptors (Lipinski definition) is 4. The number of carbonyl (C=O) groups excluding carboxylic acids is 2. The molecule has 3 aromatic rings. The van der Waals surface area contributed by atoms with E-state index in [-0.39, 0.29) is 17.5 Å². The summed E-state index contributed by atoms with van der Waals surface area (Å²) in [6, 6.07) is 20.5. The van der Waals surface area contributed by atoms with E-state index in [2.05, 4.69) is 5.32 Å². The molecule has 2 amide bonds. The number of benzene rings is 3. The molecule has 0 aromatic heterocycles. The zero-order chi connectivity index (χ0) is 22.1. The summed E-state index contributed by atoms with van der Waals surface area (Å²) in [6.07, 6.45) is 0. The highest BCUT2D eigenvalue weighted by atomic mass is 16.5. The Morgan fingerprint density at radius 3 is 2.16 bits per heavy atom. The lowest BCUT2D eigenvalue weighted by Crippen LogP contribution is -2.32. The van der Waals surface area contributed by atoms with Gasteiger partial charge in [-0.1, -0.05) is 35.9 Å². The Kier molecular flexibility index (Phi) is 5.34. The molecule has 0 spiro atoms. The Balaban J connectivity index is 1.84. The molecule has 4 rings (SSSR count). The van der Waals surface area contributed by atoms with E-state index < -0.39 is 0 Å². The third-order valence-electron chi connectivity index (χ3n) is 5.35. The van der Waals surface area contributed by atoms with Gasteiger partial charge in [0.25, 0.3) is 11.8 Å². The van der Waals surface area contributed by atoms with Crippen LogP contribution in [0.4, 0.5) is 11.4 Å². The van der Waals surface area contributed by atoms with E-state index >= 15 is 0 Å². The van der Waals surface area contributed by atoms with Crippen LogP contribution in [0.5, 0.6) is 5.75 Å². The fraction of sp³-hybridized carbons (Fsp3) is 0.154. The van der Waals surface area contributed by atoms with E-state index in [9.17, 15) is 9.59 Å². The van der Waals surface area contributed by atoms with Crippen molar-refractivity contribution < 1.29 is 14.3 Å². The smallest absolute Gasteiger partial charge is 0.282 e.